The minimum atomic E-state index is -0.406. The standard InChI is InChI=1S/C21H23ClFN3OS/c1-26-13-25-20(21(26)28-19-7-6-17(22)12-24-19)15-4-2-14(3-5-15)16-10-18(11-16)27-9-8-23/h2-7,12-13,16,18,20-21H,8-11H2,1H3. The molecule has 2 aromatic rings. The lowest BCUT2D eigenvalue weighted by Crippen LogP contribution is -2.30. The number of pyridine rings is 1. The highest BCUT2D eigenvalue weighted by molar-refractivity contribution is 7.99. The van der Waals surface area contributed by atoms with Crippen molar-refractivity contribution in [1.29, 1.82) is 0 Å². The molecular weight excluding hydrogens is 397 g/mol. The van der Waals surface area contributed by atoms with Gasteiger partial charge in [-0.15, -0.1) is 0 Å². The fraction of sp³-hybridized carbons (Fsp3) is 0.429. The Morgan fingerprint density at radius 2 is 1.93 bits per heavy atom. The Morgan fingerprint density at radius 1 is 1.18 bits per heavy atom. The molecule has 4 nitrogen and oxygen atoms in total. The molecule has 1 aliphatic carbocycles. The first kappa shape index (κ1) is 19.7. The second-order valence-corrected chi connectivity index (χ2v) is 8.79. The second-order valence-electron chi connectivity index (χ2n) is 7.21. The topological polar surface area (TPSA) is 37.7 Å². The Kier molecular flexibility index (Phi) is 6.19. The number of likely N-dealkylation sites (N-methyl/N-ethyl adjacent to an activating group) is 1. The highest BCUT2D eigenvalue weighted by Gasteiger charge is 2.33. The average Bonchev–Trinajstić information content (AvgIpc) is 3.03. The van der Waals surface area contributed by atoms with Gasteiger partial charge >= 0.3 is 0 Å². The van der Waals surface area contributed by atoms with Crippen molar-refractivity contribution in [3.8, 4) is 0 Å². The quantitative estimate of drug-likeness (QED) is 0.625. The minimum absolute atomic E-state index is 0.0588. The molecule has 2 heterocycles. The van der Waals surface area contributed by atoms with E-state index in [0.717, 1.165) is 17.9 Å². The maximum absolute atomic E-state index is 12.2. The molecule has 2 aliphatic rings. The van der Waals surface area contributed by atoms with E-state index in [1.807, 2.05) is 25.5 Å². The van der Waals surface area contributed by atoms with Gasteiger partial charge in [-0.25, -0.2) is 9.37 Å². The first-order chi connectivity index (χ1) is 13.6. The molecule has 0 amide bonds. The Bertz CT molecular complexity index is 811. The van der Waals surface area contributed by atoms with Crippen LogP contribution in [0.1, 0.15) is 35.9 Å². The minimum Gasteiger partial charge on any atom is -0.375 e. The highest BCUT2D eigenvalue weighted by Crippen LogP contribution is 2.41. The maximum Gasteiger partial charge on any atom is 0.113 e. The molecule has 1 aliphatic heterocycles. The Labute approximate surface area is 174 Å². The largest absolute Gasteiger partial charge is 0.375 e. The van der Waals surface area contributed by atoms with Gasteiger partial charge in [-0.3, -0.25) is 4.99 Å². The number of aliphatic imine (C=N–C) groups is 1. The molecule has 0 spiro atoms. The van der Waals surface area contributed by atoms with Crippen molar-refractivity contribution in [2.24, 2.45) is 4.99 Å². The molecule has 28 heavy (non-hydrogen) atoms. The molecule has 0 radical (unpaired) electrons. The van der Waals surface area contributed by atoms with Gasteiger partial charge in [0, 0.05) is 13.2 Å². The summed E-state index contributed by atoms with van der Waals surface area (Å²) in [6.45, 7) is -0.192. The summed E-state index contributed by atoms with van der Waals surface area (Å²) in [4.78, 5) is 11.2. The number of alkyl halides is 1. The summed E-state index contributed by atoms with van der Waals surface area (Å²) in [7, 11) is 2.04. The number of hydrogen-bond acceptors (Lipinski definition) is 5. The second kappa shape index (κ2) is 8.80. The predicted molar refractivity (Wildman–Crippen MR) is 112 cm³/mol. The van der Waals surface area contributed by atoms with Gasteiger partial charge in [0.05, 0.1) is 29.1 Å². The van der Waals surface area contributed by atoms with E-state index in [0.29, 0.717) is 10.9 Å². The third-order valence-corrected chi connectivity index (χ3v) is 6.84. The molecule has 148 valence electrons. The van der Waals surface area contributed by atoms with Crippen molar-refractivity contribution in [3.63, 3.8) is 0 Å². The number of rotatable bonds is 7. The fourth-order valence-corrected chi connectivity index (χ4v) is 4.84. The fourth-order valence-electron chi connectivity index (χ4n) is 3.64. The van der Waals surface area contributed by atoms with E-state index in [-0.39, 0.29) is 24.1 Å². The zero-order chi connectivity index (χ0) is 19.5. The zero-order valence-corrected chi connectivity index (χ0v) is 17.2. The number of benzene rings is 1. The van der Waals surface area contributed by atoms with Crippen LogP contribution >= 0.6 is 23.4 Å². The number of ether oxygens (including phenoxy) is 1. The first-order valence-electron chi connectivity index (χ1n) is 9.45. The third kappa shape index (κ3) is 4.34. The number of nitrogens with zero attached hydrogens (tertiary/aromatic N) is 3. The van der Waals surface area contributed by atoms with Gasteiger partial charge in [0.1, 0.15) is 18.1 Å². The van der Waals surface area contributed by atoms with Gasteiger partial charge in [0.2, 0.25) is 0 Å². The van der Waals surface area contributed by atoms with Gasteiger partial charge in [0.15, 0.2) is 0 Å². The van der Waals surface area contributed by atoms with Crippen molar-refractivity contribution in [1.82, 2.24) is 9.88 Å². The SMILES string of the molecule is CN1C=NC(c2ccc(C3CC(OCCF)C3)cc2)C1Sc1ccc(Cl)cn1. The first-order valence-corrected chi connectivity index (χ1v) is 10.7. The van der Waals surface area contributed by atoms with Crippen molar-refractivity contribution in [2.75, 3.05) is 20.3 Å². The average molecular weight is 420 g/mol. The van der Waals surface area contributed by atoms with Crippen molar-refractivity contribution >= 4 is 29.7 Å². The molecule has 2 atom stereocenters. The van der Waals surface area contributed by atoms with Crippen LogP contribution in [0.4, 0.5) is 4.39 Å². The molecule has 1 saturated carbocycles. The van der Waals surface area contributed by atoms with E-state index in [4.69, 9.17) is 21.3 Å². The summed E-state index contributed by atoms with van der Waals surface area (Å²) < 4.78 is 17.6. The third-order valence-electron chi connectivity index (χ3n) is 5.30. The molecule has 1 aromatic heterocycles. The van der Waals surface area contributed by atoms with Crippen LogP contribution in [0.5, 0.6) is 0 Å². The molecule has 0 N–H and O–H groups in total. The van der Waals surface area contributed by atoms with Crippen LogP contribution in [0.3, 0.4) is 0 Å². The molecule has 4 rings (SSSR count). The van der Waals surface area contributed by atoms with Gasteiger partial charge in [-0.1, -0.05) is 47.6 Å². The van der Waals surface area contributed by atoms with Crippen LogP contribution in [0.2, 0.25) is 5.02 Å². The highest BCUT2D eigenvalue weighted by atomic mass is 35.5. The van der Waals surface area contributed by atoms with E-state index in [9.17, 15) is 4.39 Å². The summed E-state index contributed by atoms with van der Waals surface area (Å²) >= 11 is 7.63. The Hall–Kier alpha value is -1.63. The smallest absolute Gasteiger partial charge is 0.113 e. The van der Waals surface area contributed by atoms with Gasteiger partial charge in [-0.05, 0) is 42.0 Å². The predicted octanol–water partition coefficient (Wildman–Crippen LogP) is 5.10. The van der Waals surface area contributed by atoms with Crippen LogP contribution < -0.4 is 0 Å². The van der Waals surface area contributed by atoms with Crippen LogP contribution in [0.25, 0.3) is 0 Å². The summed E-state index contributed by atoms with van der Waals surface area (Å²) in [5, 5.41) is 1.73. The van der Waals surface area contributed by atoms with Crippen LogP contribution in [0.15, 0.2) is 52.6 Å². The summed E-state index contributed by atoms with van der Waals surface area (Å²) in [6, 6.07) is 12.6. The van der Waals surface area contributed by atoms with E-state index < -0.39 is 6.67 Å². The molecule has 0 bridgehead atoms. The number of halogens is 2. The maximum atomic E-state index is 12.2. The Morgan fingerprint density at radius 3 is 2.61 bits per heavy atom. The molecule has 0 saturated heterocycles. The lowest BCUT2D eigenvalue weighted by Gasteiger charge is -2.35. The van der Waals surface area contributed by atoms with Crippen LogP contribution in [-0.2, 0) is 4.74 Å². The molecule has 1 fully saturated rings. The number of thioether (sulfide) groups is 1. The van der Waals surface area contributed by atoms with Gasteiger partial charge < -0.3 is 9.64 Å². The lowest BCUT2D eigenvalue weighted by molar-refractivity contribution is -0.0153. The normalized spacial score (nSPS) is 26.5. The molecule has 1 aromatic carbocycles. The number of aromatic nitrogens is 1. The lowest BCUT2D eigenvalue weighted by atomic mass is 9.77. The van der Waals surface area contributed by atoms with Crippen molar-refractivity contribution in [3.05, 3.63) is 58.7 Å². The zero-order valence-electron chi connectivity index (χ0n) is 15.7. The van der Waals surface area contributed by atoms with E-state index in [1.54, 1.807) is 18.0 Å². The van der Waals surface area contributed by atoms with E-state index >= 15 is 0 Å². The van der Waals surface area contributed by atoms with Crippen molar-refractivity contribution in [2.45, 2.75) is 41.3 Å². The molecule has 2 unspecified atom stereocenters. The van der Waals surface area contributed by atoms with E-state index in [2.05, 4.69) is 34.1 Å². The van der Waals surface area contributed by atoms with Crippen molar-refractivity contribution < 1.29 is 9.13 Å². The van der Waals surface area contributed by atoms with E-state index in [1.165, 1.54) is 11.1 Å². The van der Waals surface area contributed by atoms with Gasteiger partial charge in [-0.2, -0.15) is 0 Å². The summed E-state index contributed by atoms with van der Waals surface area (Å²) in [6.07, 6.45) is 5.73. The molecule has 7 heteroatoms. The Balaban J connectivity index is 1.40. The monoisotopic (exact) mass is 419 g/mol. The summed E-state index contributed by atoms with van der Waals surface area (Å²) in [5.41, 5.74) is 2.52. The number of hydrogen-bond donors (Lipinski definition) is 0. The van der Waals surface area contributed by atoms with Crippen LogP contribution in [0, 0.1) is 0 Å². The van der Waals surface area contributed by atoms with Gasteiger partial charge in [0.25, 0.3) is 0 Å². The van der Waals surface area contributed by atoms with Crippen LogP contribution in [-0.4, -0.2) is 48.0 Å². The molecular formula is C21H23ClFN3OS. The summed E-state index contributed by atoms with van der Waals surface area (Å²) in [5.74, 6) is 0.511.